The Morgan fingerprint density at radius 3 is 2.74 bits per heavy atom. The fourth-order valence-electron chi connectivity index (χ4n) is 3.63. The third-order valence-electron chi connectivity index (χ3n) is 4.41. The highest BCUT2D eigenvalue weighted by Crippen LogP contribution is 2.49. The molecule has 1 unspecified atom stereocenters. The number of rotatable bonds is 2. The predicted molar refractivity (Wildman–Crippen MR) is 75.6 cm³/mol. The Hall–Kier alpha value is -1.22. The van der Waals surface area contributed by atoms with Gasteiger partial charge in [0.25, 0.3) is 0 Å². The van der Waals surface area contributed by atoms with Crippen molar-refractivity contribution in [1.29, 1.82) is 0 Å². The van der Waals surface area contributed by atoms with Gasteiger partial charge in [-0.2, -0.15) is 0 Å². The normalized spacial score (nSPS) is 27.9. The molecule has 0 saturated heterocycles. The van der Waals surface area contributed by atoms with Crippen LogP contribution in [0.1, 0.15) is 51.5 Å². The molecule has 1 aliphatic carbocycles. The van der Waals surface area contributed by atoms with Crippen molar-refractivity contribution in [3.8, 4) is 11.5 Å². The van der Waals surface area contributed by atoms with Crippen molar-refractivity contribution in [3.63, 3.8) is 0 Å². The first-order chi connectivity index (χ1) is 9.05. The minimum absolute atomic E-state index is 0.0242. The molecule has 0 aromatic heterocycles. The van der Waals surface area contributed by atoms with E-state index in [9.17, 15) is 0 Å². The topological polar surface area (TPSA) is 44.5 Å². The molecule has 1 saturated carbocycles. The van der Waals surface area contributed by atoms with Crippen LogP contribution in [0.15, 0.2) is 18.2 Å². The maximum atomic E-state index is 6.57. The molecular formula is C16H23NO2. The molecule has 0 amide bonds. The van der Waals surface area contributed by atoms with Crippen molar-refractivity contribution in [2.75, 3.05) is 6.61 Å². The third kappa shape index (κ3) is 2.20. The summed E-state index contributed by atoms with van der Waals surface area (Å²) in [5.41, 5.74) is 7.30. The van der Waals surface area contributed by atoms with Crippen molar-refractivity contribution in [2.24, 2.45) is 5.73 Å². The van der Waals surface area contributed by atoms with Gasteiger partial charge >= 0.3 is 0 Å². The Morgan fingerprint density at radius 2 is 2.05 bits per heavy atom. The molecule has 1 aromatic carbocycles. The lowest BCUT2D eigenvalue weighted by Gasteiger charge is -2.44. The summed E-state index contributed by atoms with van der Waals surface area (Å²) in [5.74, 6) is 1.82. The van der Waals surface area contributed by atoms with E-state index in [2.05, 4.69) is 6.92 Å². The van der Waals surface area contributed by atoms with Gasteiger partial charge in [-0.15, -0.1) is 0 Å². The van der Waals surface area contributed by atoms with E-state index in [1.807, 2.05) is 25.1 Å². The van der Waals surface area contributed by atoms with Crippen LogP contribution < -0.4 is 15.2 Å². The van der Waals surface area contributed by atoms with Crippen LogP contribution in [0.25, 0.3) is 0 Å². The highest BCUT2D eigenvalue weighted by molar-refractivity contribution is 5.46. The summed E-state index contributed by atoms with van der Waals surface area (Å²) in [6.07, 6.45) is 5.67. The van der Waals surface area contributed by atoms with E-state index in [0.717, 1.165) is 36.3 Å². The SMILES string of the molecule is CCOc1ccc2c(c1)C(C)(N)CC1(CCCC1)O2. The van der Waals surface area contributed by atoms with Crippen molar-refractivity contribution in [1.82, 2.24) is 0 Å². The van der Waals surface area contributed by atoms with Crippen molar-refractivity contribution in [3.05, 3.63) is 23.8 Å². The van der Waals surface area contributed by atoms with Gasteiger partial charge in [-0.1, -0.05) is 0 Å². The van der Waals surface area contributed by atoms with Gasteiger partial charge in [0.2, 0.25) is 0 Å². The standard InChI is InChI=1S/C16H23NO2/c1-3-18-12-6-7-14-13(10-12)15(2,17)11-16(19-14)8-4-5-9-16/h6-7,10H,3-5,8-9,11,17H2,1-2H3. The Balaban J connectivity index is 1.98. The minimum atomic E-state index is -0.328. The van der Waals surface area contributed by atoms with E-state index in [1.54, 1.807) is 0 Å². The van der Waals surface area contributed by atoms with Crippen molar-refractivity contribution < 1.29 is 9.47 Å². The molecule has 3 rings (SSSR count). The molecule has 1 aliphatic heterocycles. The maximum absolute atomic E-state index is 6.57. The largest absolute Gasteiger partial charge is 0.494 e. The van der Waals surface area contributed by atoms with Crippen molar-refractivity contribution >= 4 is 0 Å². The van der Waals surface area contributed by atoms with Crippen LogP contribution in [0.2, 0.25) is 0 Å². The van der Waals surface area contributed by atoms with Crippen LogP contribution >= 0.6 is 0 Å². The van der Waals surface area contributed by atoms with Crippen LogP contribution in [-0.2, 0) is 5.54 Å². The first kappa shape index (κ1) is 12.8. The molecule has 1 atom stereocenters. The van der Waals surface area contributed by atoms with Gasteiger partial charge in [0, 0.05) is 17.5 Å². The first-order valence-electron chi connectivity index (χ1n) is 7.30. The summed E-state index contributed by atoms with van der Waals surface area (Å²) in [6.45, 7) is 4.78. The lowest BCUT2D eigenvalue weighted by Crippen LogP contribution is -2.49. The average molecular weight is 261 g/mol. The van der Waals surface area contributed by atoms with Gasteiger partial charge in [0.05, 0.1) is 6.61 Å². The zero-order valence-electron chi connectivity index (χ0n) is 11.9. The molecular weight excluding hydrogens is 238 g/mol. The lowest BCUT2D eigenvalue weighted by molar-refractivity contribution is 0.0222. The van der Waals surface area contributed by atoms with E-state index in [-0.39, 0.29) is 11.1 Å². The minimum Gasteiger partial charge on any atom is -0.494 e. The third-order valence-corrected chi connectivity index (χ3v) is 4.41. The van der Waals surface area contributed by atoms with E-state index in [1.165, 1.54) is 12.8 Å². The molecule has 1 fully saturated rings. The number of hydrogen-bond donors (Lipinski definition) is 1. The van der Waals surface area contributed by atoms with E-state index in [0.29, 0.717) is 6.61 Å². The number of hydrogen-bond acceptors (Lipinski definition) is 3. The Kier molecular flexibility index (Phi) is 2.97. The zero-order valence-corrected chi connectivity index (χ0v) is 11.9. The number of ether oxygens (including phenoxy) is 2. The van der Waals surface area contributed by atoms with E-state index >= 15 is 0 Å². The number of nitrogens with two attached hydrogens (primary N) is 1. The van der Waals surface area contributed by atoms with E-state index < -0.39 is 0 Å². The van der Waals surface area contributed by atoms with E-state index in [4.69, 9.17) is 15.2 Å². The second-order valence-corrected chi connectivity index (χ2v) is 6.18. The molecule has 104 valence electrons. The molecule has 1 aromatic rings. The summed E-state index contributed by atoms with van der Waals surface area (Å²) in [5, 5.41) is 0. The molecule has 3 heteroatoms. The monoisotopic (exact) mass is 261 g/mol. The van der Waals surface area contributed by atoms with Gasteiger partial charge in [0.15, 0.2) is 0 Å². The van der Waals surface area contributed by atoms with Crippen LogP contribution in [0.4, 0.5) is 0 Å². The smallest absolute Gasteiger partial charge is 0.125 e. The highest BCUT2D eigenvalue weighted by atomic mass is 16.5. The highest BCUT2D eigenvalue weighted by Gasteiger charge is 2.46. The fourth-order valence-corrected chi connectivity index (χ4v) is 3.63. The molecule has 1 heterocycles. The summed E-state index contributed by atoms with van der Waals surface area (Å²) in [6, 6.07) is 6.04. The molecule has 0 radical (unpaired) electrons. The van der Waals surface area contributed by atoms with Crippen LogP contribution in [0.3, 0.4) is 0 Å². The van der Waals surface area contributed by atoms with Gasteiger partial charge in [-0.3, -0.25) is 0 Å². The quantitative estimate of drug-likeness (QED) is 0.888. The molecule has 0 bridgehead atoms. The second kappa shape index (κ2) is 4.41. The number of benzene rings is 1. The second-order valence-electron chi connectivity index (χ2n) is 6.18. The number of fused-ring (bicyclic) bond motifs is 1. The Labute approximate surface area is 115 Å². The first-order valence-corrected chi connectivity index (χ1v) is 7.30. The maximum Gasteiger partial charge on any atom is 0.125 e. The van der Waals surface area contributed by atoms with Gasteiger partial charge in [0.1, 0.15) is 17.1 Å². The van der Waals surface area contributed by atoms with Crippen LogP contribution in [-0.4, -0.2) is 12.2 Å². The summed E-state index contributed by atoms with van der Waals surface area (Å²) in [4.78, 5) is 0. The lowest BCUT2D eigenvalue weighted by atomic mass is 9.77. The molecule has 2 aliphatic rings. The zero-order chi connectivity index (χ0) is 13.5. The summed E-state index contributed by atoms with van der Waals surface area (Å²) >= 11 is 0. The molecule has 1 spiro atoms. The van der Waals surface area contributed by atoms with Crippen LogP contribution in [0.5, 0.6) is 11.5 Å². The summed E-state index contributed by atoms with van der Waals surface area (Å²) < 4.78 is 11.9. The van der Waals surface area contributed by atoms with Crippen LogP contribution in [0, 0.1) is 0 Å². The van der Waals surface area contributed by atoms with Gasteiger partial charge in [-0.05, 0) is 57.7 Å². The van der Waals surface area contributed by atoms with Gasteiger partial charge in [-0.25, -0.2) is 0 Å². The Bertz CT molecular complexity index is 476. The van der Waals surface area contributed by atoms with Crippen molar-refractivity contribution in [2.45, 2.75) is 57.1 Å². The average Bonchev–Trinajstić information content (AvgIpc) is 2.77. The van der Waals surface area contributed by atoms with Gasteiger partial charge < -0.3 is 15.2 Å². The predicted octanol–water partition coefficient (Wildman–Crippen LogP) is 3.35. The molecule has 19 heavy (non-hydrogen) atoms. The summed E-state index contributed by atoms with van der Waals surface area (Å²) in [7, 11) is 0. The Morgan fingerprint density at radius 1 is 1.32 bits per heavy atom. The molecule has 3 nitrogen and oxygen atoms in total. The fraction of sp³-hybridized carbons (Fsp3) is 0.625. The molecule has 2 N–H and O–H groups in total.